The average molecular weight is 279 g/mol. The molecule has 0 aliphatic heterocycles. The highest BCUT2D eigenvalue weighted by atomic mass is 16.5. The number of ether oxygens (including phenoxy) is 1. The normalized spacial score (nSPS) is 13.4. The van der Waals surface area contributed by atoms with Crippen LogP contribution in [0.2, 0.25) is 0 Å². The molecule has 1 rings (SSSR count). The molecule has 0 heterocycles. The maximum Gasteiger partial charge on any atom is 0.331 e. The van der Waals surface area contributed by atoms with E-state index in [1.54, 1.807) is 26.0 Å². The Balaban J connectivity index is 3.03. The zero-order valence-corrected chi connectivity index (χ0v) is 12.3. The van der Waals surface area contributed by atoms with Crippen molar-refractivity contribution in [2.45, 2.75) is 39.2 Å². The van der Waals surface area contributed by atoms with Crippen LogP contribution in [-0.2, 0) is 9.53 Å². The second kappa shape index (κ2) is 6.41. The number of phenols is 1. The molecule has 1 atom stereocenters. The molecule has 2 N–H and O–H groups in total. The van der Waals surface area contributed by atoms with Crippen LogP contribution in [0.3, 0.4) is 0 Å². The molecule has 0 fully saturated rings. The first-order valence-electron chi connectivity index (χ1n) is 6.55. The van der Waals surface area contributed by atoms with E-state index in [1.165, 1.54) is 13.2 Å². The van der Waals surface area contributed by atoms with Crippen molar-refractivity contribution in [2.24, 2.45) is 0 Å². The van der Waals surface area contributed by atoms with E-state index in [9.17, 15) is 14.7 Å². The van der Waals surface area contributed by atoms with Crippen LogP contribution in [-0.4, -0.2) is 29.6 Å². The van der Waals surface area contributed by atoms with Crippen LogP contribution < -0.4 is 5.32 Å². The topological polar surface area (TPSA) is 75.6 Å². The summed E-state index contributed by atoms with van der Waals surface area (Å²) >= 11 is 0. The summed E-state index contributed by atoms with van der Waals surface area (Å²) in [6.45, 7) is 5.21. The Kier molecular flexibility index (Phi) is 5.13. The Morgan fingerprint density at radius 2 is 2.05 bits per heavy atom. The fourth-order valence-corrected chi connectivity index (χ4v) is 2.13. The second-order valence-corrected chi connectivity index (χ2v) is 4.98. The number of esters is 1. The molecule has 0 aliphatic rings. The Bertz CT molecular complexity index is 513. The van der Waals surface area contributed by atoms with Gasteiger partial charge >= 0.3 is 5.97 Å². The number of amides is 1. The number of rotatable bonds is 5. The molecule has 0 saturated heterocycles. The van der Waals surface area contributed by atoms with Gasteiger partial charge in [-0.25, -0.2) is 4.79 Å². The lowest BCUT2D eigenvalue weighted by Gasteiger charge is -2.27. The Labute approximate surface area is 118 Å². The summed E-state index contributed by atoms with van der Waals surface area (Å²) in [6, 6.07) is 4.71. The summed E-state index contributed by atoms with van der Waals surface area (Å²) in [7, 11) is 1.29. The van der Waals surface area contributed by atoms with Gasteiger partial charge in [0.15, 0.2) is 0 Å². The molecule has 0 aliphatic carbocycles. The van der Waals surface area contributed by atoms with Crippen LogP contribution in [0.25, 0.3) is 0 Å². The Morgan fingerprint density at radius 1 is 1.40 bits per heavy atom. The van der Waals surface area contributed by atoms with E-state index in [-0.39, 0.29) is 5.75 Å². The minimum Gasteiger partial charge on any atom is -0.508 e. The van der Waals surface area contributed by atoms with Gasteiger partial charge in [-0.1, -0.05) is 19.4 Å². The van der Waals surface area contributed by atoms with Crippen molar-refractivity contribution in [2.75, 3.05) is 7.11 Å². The van der Waals surface area contributed by atoms with Crippen molar-refractivity contribution in [1.82, 2.24) is 5.32 Å². The molecule has 20 heavy (non-hydrogen) atoms. The van der Waals surface area contributed by atoms with Gasteiger partial charge in [-0.15, -0.1) is 0 Å². The third-order valence-corrected chi connectivity index (χ3v) is 3.33. The predicted octanol–water partition coefficient (Wildman–Crippen LogP) is 2.16. The average Bonchev–Trinajstić information content (AvgIpc) is 2.40. The van der Waals surface area contributed by atoms with E-state index < -0.39 is 17.4 Å². The highest BCUT2D eigenvalue weighted by Gasteiger charge is 2.35. The van der Waals surface area contributed by atoms with Gasteiger partial charge in [-0.05, 0) is 32.4 Å². The first-order valence-corrected chi connectivity index (χ1v) is 6.55. The minimum atomic E-state index is -1.07. The van der Waals surface area contributed by atoms with Gasteiger partial charge in [0.2, 0.25) is 0 Å². The largest absolute Gasteiger partial charge is 0.508 e. The smallest absolute Gasteiger partial charge is 0.331 e. The molecule has 1 unspecified atom stereocenters. The van der Waals surface area contributed by atoms with Gasteiger partial charge in [0, 0.05) is 11.1 Å². The van der Waals surface area contributed by atoms with Crippen LogP contribution in [0.5, 0.6) is 5.75 Å². The zero-order valence-electron chi connectivity index (χ0n) is 12.3. The molecule has 1 aromatic rings. The molecular weight excluding hydrogens is 258 g/mol. The first-order chi connectivity index (χ1) is 9.35. The maximum absolute atomic E-state index is 12.3. The molecule has 5 nitrogen and oxygen atoms in total. The number of phenolic OH excluding ortho intramolecular Hbond substituents is 1. The molecule has 0 saturated carbocycles. The Hall–Kier alpha value is -2.04. The predicted molar refractivity (Wildman–Crippen MR) is 75.6 cm³/mol. The highest BCUT2D eigenvalue weighted by molar-refractivity contribution is 5.99. The number of methoxy groups -OCH3 is 1. The van der Waals surface area contributed by atoms with Crippen LogP contribution >= 0.6 is 0 Å². The fraction of sp³-hybridized carbons (Fsp3) is 0.467. The molecule has 0 spiro atoms. The van der Waals surface area contributed by atoms with Crippen molar-refractivity contribution in [3.05, 3.63) is 29.3 Å². The molecular formula is C15H21NO4. The van der Waals surface area contributed by atoms with E-state index in [0.29, 0.717) is 17.5 Å². The molecule has 1 amide bonds. The van der Waals surface area contributed by atoms with Crippen molar-refractivity contribution in [3.8, 4) is 5.75 Å². The molecule has 5 heteroatoms. The van der Waals surface area contributed by atoms with Crippen LogP contribution in [0.4, 0.5) is 0 Å². The summed E-state index contributed by atoms with van der Waals surface area (Å²) in [5, 5.41) is 12.3. The number of carbonyl (C=O) groups is 2. The van der Waals surface area contributed by atoms with Gasteiger partial charge in [-0.2, -0.15) is 0 Å². The summed E-state index contributed by atoms with van der Waals surface area (Å²) in [4.78, 5) is 24.2. The summed E-state index contributed by atoms with van der Waals surface area (Å²) in [5.41, 5.74) is -0.247. The summed E-state index contributed by atoms with van der Waals surface area (Å²) < 4.78 is 4.76. The van der Waals surface area contributed by atoms with Crippen LogP contribution in [0.15, 0.2) is 18.2 Å². The zero-order chi connectivity index (χ0) is 15.3. The third-order valence-electron chi connectivity index (χ3n) is 3.33. The number of benzene rings is 1. The number of nitrogens with one attached hydrogen (secondary N) is 1. The summed E-state index contributed by atoms with van der Waals surface area (Å²) in [6.07, 6.45) is 1.20. The Morgan fingerprint density at radius 3 is 2.60 bits per heavy atom. The van der Waals surface area contributed by atoms with Crippen LogP contribution in [0.1, 0.15) is 42.6 Å². The standard InChI is InChI=1S/C15H21NO4/c1-5-9-15(3,14(19)20-4)16-13(18)11-7-6-8-12(17)10(11)2/h6-8,17H,5,9H2,1-4H3,(H,16,18). The lowest BCUT2D eigenvalue weighted by molar-refractivity contribution is -0.147. The van der Waals surface area contributed by atoms with Crippen molar-refractivity contribution in [1.29, 1.82) is 0 Å². The summed E-state index contributed by atoms with van der Waals surface area (Å²) in [5.74, 6) is -0.835. The molecule has 110 valence electrons. The second-order valence-electron chi connectivity index (χ2n) is 4.98. The minimum absolute atomic E-state index is 0.0490. The monoisotopic (exact) mass is 279 g/mol. The van der Waals surface area contributed by atoms with Gasteiger partial charge in [0.25, 0.3) is 5.91 Å². The van der Waals surface area contributed by atoms with Gasteiger partial charge in [-0.3, -0.25) is 4.79 Å². The SMILES string of the molecule is CCCC(C)(NC(=O)c1cccc(O)c1C)C(=O)OC. The number of hydrogen-bond donors (Lipinski definition) is 2. The quantitative estimate of drug-likeness (QED) is 0.810. The third kappa shape index (κ3) is 3.29. The lowest BCUT2D eigenvalue weighted by Crippen LogP contribution is -2.52. The number of aromatic hydroxyl groups is 1. The van der Waals surface area contributed by atoms with E-state index in [0.717, 1.165) is 6.42 Å². The number of hydrogen-bond acceptors (Lipinski definition) is 4. The van der Waals surface area contributed by atoms with Crippen molar-refractivity contribution < 1.29 is 19.4 Å². The van der Waals surface area contributed by atoms with Crippen molar-refractivity contribution >= 4 is 11.9 Å². The van der Waals surface area contributed by atoms with E-state index >= 15 is 0 Å². The number of carbonyl (C=O) groups excluding carboxylic acids is 2. The lowest BCUT2D eigenvalue weighted by atomic mass is 9.95. The highest BCUT2D eigenvalue weighted by Crippen LogP contribution is 2.21. The molecule has 0 radical (unpaired) electrons. The van der Waals surface area contributed by atoms with Gasteiger partial charge in [0.05, 0.1) is 7.11 Å². The van der Waals surface area contributed by atoms with Crippen LogP contribution in [0, 0.1) is 6.92 Å². The molecule has 1 aromatic carbocycles. The van der Waals surface area contributed by atoms with Gasteiger partial charge < -0.3 is 15.2 Å². The van der Waals surface area contributed by atoms with E-state index in [1.807, 2.05) is 6.92 Å². The van der Waals surface area contributed by atoms with Crippen molar-refractivity contribution in [3.63, 3.8) is 0 Å². The maximum atomic E-state index is 12.3. The van der Waals surface area contributed by atoms with E-state index in [2.05, 4.69) is 5.32 Å². The fourth-order valence-electron chi connectivity index (χ4n) is 2.13. The van der Waals surface area contributed by atoms with Gasteiger partial charge in [0.1, 0.15) is 11.3 Å². The molecule has 0 aromatic heterocycles. The van der Waals surface area contributed by atoms with E-state index in [4.69, 9.17) is 4.74 Å². The first kappa shape index (κ1) is 16.0. The molecule has 0 bridgehead atoms.